The average Bonchev–Trinajstić information content (AvgIpc) is 3.31. The zero-order valence-corrected chi connectivity index (χ0v) is 19.8. The van der Waals surface area contributed by atoms with Crippen LogP contribution >= 0.6 is 11.8 Å². The molecule has 0 bridgehead atoms. The summed E-state index contributed by atoms with van der Waals surface area (Å²) < 4.78 is 7.31. The van der Waals surface area contributed by atoms with Crippen LogP contribution < -0.4 is 4.74 Å². The molecule has 0 aliphatic rings. The molecule has 0 atom stereocenters. The summed E-state index contributed by atoms with van der Waals surface area (Å²) in [6.07, 6.45) is 0. The Morgan fingerprint density at radius 2 is 1.68 bits per heavy atom. The first kappa shape index (κ1) is 21.9. The summed E-state index contributed by atoms with van der Waals surface area (Å²) in [5.74, 6) is 1.82. The van der Waals surface area contributed by atoms with Gasteiger partial charge in [-0.05, 0) is 54.1 Å². The Hall–Kier alpha value is -3.90. The second kappa shape index (κ2) is 9.53. The van der Waals surface area contributed by atoms with Crippen molar-refractivity contribution in [3.05, 3.63) is 102 Å². The zero-order valence-electron chi connectivity index (χ0n) is 18.9. The number of nitrogens with zero attached hydrogens (tertiary/aromatic N) is 3. The highest BCUT2D eigenvalue weighted by Crippen LogP contribution is 2.30. The summed E-state index contributed by atoms with van der Waals surface area (Å²) in [6, 6.07) is 29.8. The van der Waals surface area contributed by atoms with Crippen LogP contribution in [0.1, 0.15) is 15.9 Å². The fourth-order valence-corrected chi connectivity index (χ4v) is 4.72. The molecule has 0 fully saturated rings. The maximum absolute atomic E-state index is 13.0. The largest absolute Gasteiger partial charge is 0.497 e. The summed E-state index contributed by atoms with van der Waals surface area (Å²) >= 11 is 1.39. The van der Waals surface area contributed by atoms with Crippen molar-refractivity contribution < 1.29 is 9.53 Å². The minimum Gasteiger partial charge on any atom is -0.497 e. The number of Topliss-reactive ketones (excluding diaryl/α,β-unsaturated/α-hetero) is 1. The maximum Gasteiger partial charge on any atom is 0.196 e. The third-order valence-electron chi connectivity index (χ3n) is 5.64. The molecule has 1 heterocycles. The monoisotopic (exact) mass is 465 g/mol. The summed E-state index contributed by atoms with van der Waals surface area (Å²) in [5.41, 5.74) is 3.71. The number of rotatable bonds is 7. The Kier molecular flexibility index (Phi) is 6.14. The molecule has 4 aromatic carbocycles. The smallest absolute Gasteiger partial charge is 0.196 e. The SMILES string of the molecule is COc1ccc(-n2c(SCC(=O)c3ccc4ccccc4c3)nnc2-c2cccc(C)c2)cc1. The van der Waals surface area contributed by atoms with E-state index < -0.39 is 0 Å². The number of aromatic nitrogens is 3. The standard InChI is InChI=1S/C28H23N3O2S/c1-19-6-5-9-23(16-19)27-29-30-28(31(27)24-12-14-25(33-2)15-13-24)34-18-26(32)22-11-10-20-7-3-4-8-21(20)17-22/h3-17H,18H2,1-2H3. The van der Waals surface area contributed by atoms with Crippen LogP contribution in [0.15, 0.2) is 96.2 Å². The van der Waals surface area contributed by atoms with E-state index in [4.69, 9.17) is 4.74 Å². The van der Waals surface area contributed by atoms with Gasteiger partial charge < -0.3 is 4.74 Å². The fourth-order valence-electron chi connectivity index (χ4n) is 3.87. The quantitative estimate of drug-likeness (QED) is 0.206. The van der Waals surface area contributed by atoms with Gasteiger partial charge in [0, 0.05) is 16.8 Å². The van der Waals surface area contributed by atoms with Crippen molar-refractivity contribution in [3.8, 4) is 22.8 Å². The Balaban J connectivity index is 1.47. The minimum atomic E-state index is 0.0529. The molecule has 0 aliphatic heterocycles. The van der Waals surface area contributed by atoms with Crippen molar-refractivity contribution in [2.75, 3.05) is 12.9 Å². The summed E-state index contributed by atoms with van der Waals surface area (Å²) in [4.78, 5) is 13.0. The van der Waals surface area contributed by atoms with Crippen LogP contribution in [0.25, 0.3) is 27.8 Å². The lowest BCUT2D eigenvalue weighted by molar-refractivity contribution is 0.102. The van der Waals surface area contributed by atoms with Crippen LogP contribution in [0, 0.1) is 6.92 Å². The van der Waals surface area contributed by atoms with Crippen molar-refractivity contribution >= 4 is 28.3 Å². The van der Waals surface area contributed by atoms with Gasteiger partial charge in [-0.15, -0.1) is 10.2 Å². The molecule has 34 heavy (non-hydrogen) atoms. The first-order chi connectivity index (χ1) is 16.6. The number of methoxy groups -OCH3 is 1. The molecule has 6 heteroatoms. The van der Waals surface area contributed by atoms with Gasteiger partial charge >= 0.3 is 0 Å². The lowest BCUT2D eigenvalue weighted by Gasteiger charge is -2.11. The van der Waals surface area contributed by atoms with E-state index in [1.807, 2.05) is 83.4 Å². The Morgan fingerprint density at radius 3 is 2.44 bits per heavy atom. The molecule has 0 spiro atoms. The van der Waals surface area contributed by atoms with Gasteiger partial charge in [0.15, 0.2) is 16.8 Å². The van der Waals surface area contributed by atoms with E-state index in [2.05, 4.69) is 29.3 Å². The van der Waals surface area contributed by atoms with E-state index in [1.54, 1.807) is 7.11 Å². The molecule has 5 rings (SSSR count). The molecule has 0 saturated carbocycles. The molecule has 1 aromatic heterocycles. The van der Waals surface area contributed by atoms with Gasteiger partial charge in [0.1, 0.15) is 5.75 Å². The van der Waals surface area contributed by atoms with Crippen LogP contribution in [0.4, 0.5) is 0 Å². The topological polar surface area (TPSA) is 57.0 Å². The molecule has 5 aromatic rings. The maximum atomic E-state index is 13.0. The highest BCUT2D eigenvalue weighted by Gasteiger charge is 2.18. The van der Waals surface area contributed by atoms with E-state index in [1.165, 1.54) is 11.8 Å². The van der Waals surface area contributed by atoms with Crippen LogP contribution in [0.2, 0.25) is 0 Å². The third-order valence-corrected chi connectivity index (χ3v) is 6.57. The van der Waals surface area contributed by atoms with E-state index in [9.17, 15) is 4.79 Å². The van der Waals surface area contributed by atoms with Crippen LogP contribution in [-0.4, -0.2) is 33.4 Å². The molecular weight excluding hydrogens is 442 g/mol. The van der Waals surface area contributed by atoms with Gasteiger partial charge in [-0.25, -0.2) is 0 Å². The van der Waals surface area contributed by atoms with Gasteiger partial charge in [0.25, 0.3) is 0 Å². The van der Waals surface area contributed by atoms with Crippen LogP contribution in [0.3, 0.4) is 0 Å². The highest BCUT2D eigenvalue weighted by molar-refractivity contribution is 7.99. The van der Waals surface area contributed by atoms with Gasteiger partial charge in [-0.1, -0.05) is 71.9 Å². The fraction of sp³-hybridized carbons (Fsp3) is 0.107. The summed E-state index contributed by atoms with van der Waals surface area (Å²) in [6.45, 7) is 2.05. The van der Waals surface area contributed by atoms with E-state index >= 15 is 0 Å². The van der Waals surface area contributed by atoms with Crippen molar-refractivity contribution in [1.29, 1.82) is 0 Å². The number of aryl methyl sites for hydroxylation is 1. The second-order valence-electron chi connectivity index (χ2n) is 7.98. The molecule has 0 aliphatic carbocycles. The Morgan fingerprint density at radius 1 is 0.882 bits per heavy atom. The lowest BCUT2D eigenvalue weighted by Crippen LogP contribution is -2.05. The Bertz CT molecular complexity index is 1480. The van der Waals surface area contributed by atoms with Gasteiger partial charge in [-0.3, -0.25) is 9.36 Å². The Labute approximate surface area is 202 Å². The zero-order chi connectivity index (χ0) is 23.5. The molecule has 168 valence electrons. The van der Waals surface area contributed by atoms with Crippen LogP contribution in [0.5, 0.6) is 5.75 Å². The first-order valence-electron chi connectivity index (χ1n) is 10.9. The molecule has 0 saturated heterocycles. The summed E-state index contributed by atoms with van der Waals surface area (Å²) in [7, 11) is 1.64. The number of carbonyl (C=O) groups is 1. The number of carbonyl (C=O) groups excluding carboxylic acids is 1. The number of hydrogen-bond donors (Lipinski definition) is 0. The number of hydrogen-bond acceptors (Lipinski definition) is 5. The van der Waals surface area contributed by atoms with Crippen molar-refractivity contribution in [2.24, 2.45) is 0 Å². The summed E-state index contributed by atoms with van der Waals surface area (Å²) in [5, 5.41) is 11.8. The van der Waals surface area contributed by atoms with Crippen molar-refractivity contribution in [3.63, 3.8) is 0 Å². The molecule has 0 amide bonds. The van der Waals surface area contributed by atoms with Crippen molar-refractivity contribution in [2.45, 2.75) is 12.1 Å². The molecular formula is C28H23N3O2S. The van der Waals surface area contributed by atoms with E-state index in [-0.39, 0.29) is 11.5 Å². The second-order valence-corrected chi connectivity index (χ2v) is 8.93. The van der Waals surface area contributed by atoms with Gasteiger partial charge in [-0.2, -0.15) is 0 Å². The highest BCUT2D eigenvalue weighted by atomic mass is 32.2. The van der Waals surface area contributed by atoms with Gasteiger partial charge in [0.2, 0.25) is 0 Å². The third kappa shape index (κ3) is 4.45. The number of thioether (sulfide) groups is 1. The number of ether oxygens (including phenoxy) is 1. The molecule has 5 nitrogen and oxygen atoms in total. The van der Waals surface area contributed by atoms with Crippen LogP contribution in [-0.2, 0) is 0 Å². The normalized spacial score (nSPS) is 11.0. The van der Waals surface area contributed by atoms with Gasteiger partial charge in [0.05, 0.1) is 12.9 Å². The molecule has 0 unspecified atom stereocenters. The first-order valence-corrected chi connectivity index (χ1v) is 11.9. The predicted molar refractivity (Wildman–Crippen MR) is 137 cm³/mol. The predicted octanol–water partition coefficient (Wildman–Crippen LogP) is 6.38. The molecule has 0 N–H and O–H groups in total. The van der Waals surface area contributed by atoms with E-state index in [0.29, 0.717) is 10.7 Å². The van der Waals surface area contributed by atoms with Crippen molar-refractivity contribution in [1.82, 2.24) is 14.8 Å². The average molecular weight is 466 g/mol. The number of benzene rings is 4. The molecule has 0 radical (unpaired) electrons. The lowest BCUT2D eigenvalue weighted by atomic mass is 10.1. The number of ketones is 1. The minimum absolute atomic E-state index is 0.0529. The van der Waals surface area contributed by atoms with E-state index in [0.717, 1.165) is 39.2 Å². The number of fused-ring (bicyclic) bond motifs is 1.